The molecule has 0 spiro atoms. The van der Waals surface area contributed by atoms with Crippen molar-refractivity contribution in [3.8, 4) is 16.9 Å². The van der Waals surface area contributed by atoms with E-state index in [0.717, 1.165) is 34.5 Å². The number of nitrogens with one attached hydrogen (secondary N) is 2. The minimum Gasteiger partial charge on any atom is -0.496 e. The topological polar surface area (TPSA) is 97.4 Å². The number of carbonyl (C=O) groups is 1. The molecule has 0 radical (unpaired) electrons. The minimum absolute atomic E-state index is 0.164. The third kappa shape index (κ3) is 4.68. The molecule has 0 saturated heterocycles. The van der Waals surface area contributed by atoms with Crippen molar-refractivity contribution in [3.63, 3.8) is 0 Å². The van der Waals surface area contributed by atoms with Crippen LogP contribution < -0.4 is 14.8 Å². The van der Waals surface area contributed by atoms with E-state index in [1.807, 2.05) is 36.4 Å². The summed E-state index contributed by atoms with van der Waals surface area (Å²) in [6, 6.07) is 15.1. The Labute approximate surface area is 167 Å². The number of sulfonamides is 1. The van der Waals surface area contributed by atoms with Gasteiger partial charge in [-0.15, -0.1) is 0 Å². The van der Waals surface area contributed by atoms with E-state index in [9.17, 15) is 13.2 Å². The molecule has 0 aliphatic carbocycles. The summed E-state index contributed by atoms with van der Waals surface area (Å²) in [5, 5.41) is 2.97. The van der Waals surface area contributed by atoms with Crippen LogP contribution in [-0.4, -0.2) is 32.7 Å². The van der Waals surface area contributed by atoms with E-state index in [1.165, 1.54) is 0 Å². The van der Waals surface area contributed by atoms with Gasteiger partial charge in [0.15, 0.2) is 5.13 Å². The number of methoxy groups -OCH3 is 1. The molecule has 0 fully saturated rings. The molecule has 0 atom stereocenters. The van der Waals surface area contributed by atoms with Crippen LogP contribution in [0.4, 0.5) is 10.8 Å². The van der Waals surface area contributed by atoms with Crippen molar-refractivity contribution in [2.75, 3.05) is 23.4 Å². The number of carbonyl (C=O) groups excluding carboxylic acids is 1. The molecule has 0 unspecified atom stereocenters. The Morgan fingerprint density at radius 3 is 2.43 bits per heavy atom. The van der Waals surface area contributed by atoms with Crippen LogP contribution in [0.5, 0.6) is 5.75 Å². The van der Waals surface area contributed by atoms with Gasteiger partial charge in [-0.3, -0.25) is 9.52 Å². The number of aryl methyl sites for hydroxylation is 1. The van der Waals surface area contributed by atoms with Gasteiger partial charge in [0.05, 0.1) is 19.1 Å². The molecule has 2 N–H and O–H groups in total. The maximum Gasteiger partial charge on any atom is 0.267 e. The van der Waals surface area contributed by atoms with Crippen LogP contribution >= 0.6 is 11.3 Å². The zero-order valence-corrected chi connectivity index (χ0v) is 17.1. The zero-order chi connectivity index (χ0) is 20.3. The lowest BCUT2D eigenvalue weighted by Gasteiger charge is -2.09. The van der Waals surface area contributed by atoms with Gasteiger partial charge in [0.1, 0.15) is 10.6 Å². The number of para-hydroxylation sites is 1. The van der Waals surface area contributed by atoms with Gasteiger partial charge in [0.2, 0.25) is 10.0 Å². The van der Waals surface area contributed by atoms with Crippen molar-refractivity contribution in [2.45, 2.75) is 6.92 Å². The number of thiazole rings is 1. The van der Waals surface area contributed by atoms with Crippen LogP contribution in [-0.2, 0) is 10.0 Å². The first-order chi connectivity index (χ1) is 13.3. The van der Waals surface area contributed by atoms with Gasteiger partial charge in [-0.1, -0.05) is 41.7 Å². The quantitative estimate of drug-likeness (QED) is 0.637. The lowest BCUT2D eigenvalue weighted by molar-refractivity contribution is 0.103. The maximum absolute atomic E-state index is 12.5. The van der Waals surface area contributed by atoms with Crippen LogP contribution in [0.1, 0.15) is 15.4 Å². The van der Waals surface area contributed by atoms with Crippen molar-refractivity contribution in [3.05, 3.63) is 59.1 Å². The molecule has 146 valence electrons. The number of hydrogen-bond acceptors (Lipinski definition) is 6. The number of rotatable bonds is 6. The van der Waals surface area contributed by atoms with E-state index in [2.05, 4.69) is 15.0 Å². The molecule has 3 aromatic rings. The summed E-state index contributed by atoms with van der Waals surface area (Å²) < 4.78 is 30.3. The first kappa shape index (κ1) is 19.8. The highest BCUT2D eigenvalue weighted by Crippen LogP contribution is 2.30. The minimum atomic E-state index is -3.45. The smallest absolute Gasteiger partial charge is 0.267 e. The predicted octanol–water partition coefficient (Wildman–Crippen LogP) is 3.75. The highest BCUT2D eigenvalue weighted by Gasteiger charge is 2.17. The molecule has 0 aliphatic rings. The Hall–Kier alpha value is -2.91. The van der Waals surface area contributed by atoms with Crippen LogP contribution in [0.15, 0.2) is 48.5 Å². The molecule has 0 bridgehead atoms. The van der Waals surface area contributed by atoms with Crippen molar-refractivity contribution in [1.82, 2.24) is 4.98 Å². The molecule has 0 aliphatic heterocycles. The predicted molar refractivity (Wildman–Crippen MR) is 112 cm³/mol. The second-order valence-electron chi connectivity index (χ2n) is 6.04. The molecule has 28 heavy (non-hydrogen) atoms. The molecule has 0 saturated carbocycles. The lowest BCUT2D eigenvalue weighted by Crippen LogP contribution is -2.11. The number of ether oxygens (including phenoxy) is 1. The highest BCUT2D eigenvalue weighted by molar-refractivity contribution is 7.92. The number of benzene rings is 2. The monoisotopic (exact) mass is 417 g/mol. The maximum atomic E-state index is 12.5. The Kier molecular flexibility index (Phi) is 5.66. The van der Waals surface area contributed by atoms with Gasteiger partial charge in [-0.25, -0.2) is 13.4 Å². The van der Waals surface area contributed by atoms with Gasteiger partial charge in [0.25, 0.3) is 5.91 Å². The standard InChI is InChI=1S/C19H19N3O4S2/c1-12-17(27-19(20-12)22-28(3,24)25)18(23)21-14-10-8-13(9-11-14)15-6-4-5-7-16(15)26-2/h4-11H,1-3H3,(H,20,22)(H,21,23). The van der Waals surface area contributed by atoms with Crippen LogP contribution in [0.25, 0.3) is 11.1 Å². The van der Waals surface area contributed by atoms with Crippen LogP contribution in [0, 0.1) is 6.92 Å². The normalized spacial score (nSPS) is 11.1. The summed E-state index contributed by atoms with van der Waals surface area (Å²) in [4.78, 5) is 17.0. The van der Waals surface area contributed by atoms with E-state index in [-0.39, 0.29) is 11.0 Å². The fraction of sp³-hybridized carbons (Fsp3) is 0.158. The molecule has 1 heterocycles. The number of aromatic nitrogens is 1. The van der Waals surface area contributed by atoms with E-state index in [4.69, 9.17) is 4.74 Å². The molecule has 9 heteroatoms. The van der Waals surface area contributed by atoms with Gasteiger partial charge in [0, 0.05) is 11.3 Å². The van der Waals surface area contributed by atoms with Gasteiger partial charge in [-0.2, -0.15) is 0 Å². The summed E-state index contributed by atoms with van der Waals surface area (Å²) in [7, 11) is -1.82. The van der Waals surface area contributed by atoms with Crippen LogP contribution in [0.2, 0.25) is 0 Å². The number of nitrogens with zero attached hydrogens (tertiary/aromatic N) is 1. The Bertz CT molecular complexity index is 1110. The third-order valence-corrected chi connectivity index (χ3v) is 5.60. The van der Waals surface area contributed by atoms with Gasteiger partial charge in [-0.05, 0) is 30.7 Å². The summed E-state index contributed by atoms with van der Waals surface area (Å²) >= 11 is 0.989. The first-order valence-corrected chi connectivity index (χ1v) is 11.0. The Morgan fingerprint density at radius 1 is 1.11 bits per heavy atom. The molecule has 1 amide bonds. The zero-order valence-electron chi connectivity index (χ0n) is 15.5. The van der Waals surface area contributed by atoms with Crippen molar-refractivity contribution in [2.24, 2.45) is 0 Å². The highest BCUT2D eigenvalue weighted by atomic mass is 32.2. The van der Waals surface area contributed by atoms with Gasteiger partial charge < -0.3 is 10.1 Å². The SMILES string of the molecule is COc1ccccc1-c1ccc(NC(=O)c2sc(NS(C)(=O)=O)nc2C)cc1. The summed E-state index contributed by atoms with van der Waals surface area (Å²) in [6.07, 6.45) is 1.03. The summed E-state index contributed by atoms with van der Waals surface area (Å²) in [5.74, 6) is 0.423. The van der Waals surface area contributed by atoms with Crippen molar-refractivity contribution >= 4 is 38.1 Å². The van der Waals surface area contributed by atoms with Gasteiger partial charge >= 0.3 is 0 Å². The second kappa shape index (κ2) is 7.99. The molecular weight excluding hydrogens is 398 g/mol. The molecule has 7 nitrogen and oxygen atoms in total. The average molecular weight is 418 g/mol. The van der Waals surface area contributed by atoms with E-state index >= 15 is 0 Å². The summed E-state index contributed by atoms with van der Waals surface area (Å²) in [6.45, 7) is 1.66. The summed E-state index contributed by atoms with van der Waals surface area (Å²) in [5.41, 5.74) is 3.00. The van der Waals surface area contributed by atoms with Crippen molar-refractivity contribution in [1.29, 1.82) is 0 Å². The number of amides is 1. The molecule has 2 aromatic carbocycles. The molecular formula is C19H19N3O4S2. The largest absolute Gasteiger partial charge is 0.496 e. The molecule has 1 aromatic heterocycles. The van der Waals surface area contributed by atoms with E-state index in [1.54, 1.807) is 26.2 Å². The fourth-order valence-electron chi connectivity index (χ4n) is 2.61. The molecule has 3 rings (SSSR count). The fourth-order valence-corrected chi connectivity index (χ4v) is 4.31. The van der Waals surface area contributed by atoms with E-state index < -0.39 is 10.0 Å². The van der Waals surface area contributed by atoms with Crippen molar-refractivity contribution < 1.29 is 17.9 Å². The number of anilines is 2. The Morgan fingerprint density at radius 2 is 1.79 bits per heavy atom. The Balaban J connectivity index is 1.76. The lowest BCUT2D eigenvalue weighted by atomic mass is 10.0. The first-order valence-electron chi connectivity index (χ1n) is 8.27. The third-order valence-electron chi connectivity index (χ3n) is 3.84. The second-order valence-corrected chi connectivity index (χ2v) is 8.79. The van der Waals surface area contributed by atoms with E-state index in [0.29, 0.717) is 16.3 Å². The number of hydrogen-bond donors (Lipinski definition) is 2. The van der Waals surface area contributed by atoms with Crippen LogP contribution in [0.3, 0.4) is 0 Å². The average Bonchev–Trinajstić information content (AvgIpc) is 3.00.